The van der Waals surface area contributed by atoms with Gasteiger partial charge in [0.1, 0.15) is 0 Å². The third kappa shape index (κ3) is 4.15. The predicted octanol–water partition coefficient (Wildman–Crippen LogP) is 3.04. The van der Waals surface area contributed by atoms with E-state index in [1.807, 2.05) is 13.8 Å². The standard InChI is InChI=1S/C16H24N2O2/c1-3-20-16(19)12-13(2)17-14-6-8-15(9-7-14)18-10-4-5-11-18/h6-9,13,17H,3-5,10-12H2,1-2H3. The largest absolute Gasteiger partial charge is 0.466 e. The molecule has 0 saturated carbocycles. The number of anilines is 2. The zero-order valence-electron chi connectivity index (χ0n) is 12.4. The second-order valence-corrected chi connectivity index (χ2v) is 5.30. The topological polar surface area (TPSA) is 41.6 Å². The van der Waals surface area contributed by atoms with Gasteiger partial charge in [-0.25, -0.2) is 0 Å². The molecule has 1 aromatic rings. The van der Waals surface area contributed by atoms with Crippen LogP contribution in [0.3, 0.4) is 0 Å². The summed E-state index contributed by atoms with van der Waals surface area (Å²) in [4.78, 5) is 13.8. The van der Waals surface area contributed by atoms with Crippen molar-refractivity contribution >= 4 is 17.3 Å². The van der Waals surface area contributed by atoms with Crippen molar-refractivity contribution in [3.05, 3.63) is 24.3 Å². The molecule has 1 fully saturated rings. The summed E-state index contributed by atoms with van der Waals surface area (Å²) in [6.07, 6.45) is 2.97. The van der Waals surface area contributed by atoms with Crippen LogP contribution in [-0.2, 0) is 9.53 Å². The Labute approximate surface area is 121 Å². The number of nitrogens with one attached hydrogen (secondary N) is 1. The minimum absolute atomic E-state index is 0.0756. The first-order valence-electron chi connectivity index (χ1n) is 7.46. The number of benzene rings is 1. The Morgan fingerprint density at radius 1 is 1.30 bits per heavy atom. The molecule has 0 spiro atoms. The predicted molar refractivity (Wildman–Crippen MR) is 82.2 cm³/mol. The highest BCUT2D eigenvalue weighted by Gasteiger charge is 2.13. The maximum Gasteiger partial charge on any atom is 0.307 e. The van der Waals surface area contributed by atoms with E-state index in [1.54, 1.807) is 0 Å². The Bertz CT molecular complexity index is 425. The van der Waals surface area contributed by atoms with Gasteiger partial charge in [-0.1, -0.05) is 0 Å². The molecular weight excluding hydrogens is 252 g/mol. The van der Waals surface area contributed by atoms with Crippen molar-refractivity contribution in [2.45, 2.75) is 39.2 Å². The number of rotatable bonds is 6. The average Bonchev–Trinajstić information content (AvgIpc) is 2.93. The zero-order chi connectivity index (χ0) is 14.4. The molecule has 2 rings (SSSR count). The van der Waals surface area contributed by atoms with E-state index in [1.165, 1.54) is 18.5 Å². The van der Waals surface area contributed by atoms with Crippen molar-refractivity contribution in [2.24, 2.45) is 0 Å². The summed E-state index contributed by atoms with van der Waals surface area (Å²) in [5.41, 5.74) is 2.33. The first-order valence-corrected chi connectivity index (χ1v) is 7.46. The molecule has 1 aliphatic rings. The lowest BCUT2D eigenvalue weighted by atomic mass is 10.2. The molecule has 1 aliphatic heterocycles. The van der Waals surface area contributed by atoms with Gasteiger partial charge in [0, 0.05) is 30.5 Å². The SMILES string of the molecule is CCOC(=O)CC(C)Nc1ccc(N2CCCC2)cc1. The number of hydrogen-bond acceptors (Lipinski definition) is 4. The fourth-order valence-electron chi connectivity index (χ4n) is 2.55. The average molecular weight is 276 g/mol. The van der Waals surface area contributed by atoms with Crippen LogP contribution in [0.15, 0.2) is 24.3 Å². The highest BCUT2D eigenvalue weighted by atomic mass is 16.5. The van der Waals surface area contributed by atoms with Crippen molar-refractivity contribution < 1.29 is 9.53 Å². The molecule has 20 heavy (non-hydrogen) atoms. The number of hydrogen-bond donors (Lipinski definition) is 1. The minimum Gasteiger partial charge on any atom is -0.466 e. The van der Waals surface area contributed by atoms with Crippen LogP contribution < -0.4 is 10.2 Å². The Morgan fingerprint density at radius 3 is 2.55 bits per heavy atom. The van der Waals surface area contributed by atoms with Gasteiger partial charge >= 0.3 is 5.97 Å². The molecule has 0 radical (unpaired) electrons. The van der Waals surface area contributed by atoms with E-state index >= 15 is 0 Å². The van der Waals surface area contributed by atoms with Crippen LogP contribution in [0, 0.1) is 0 Å². The molecule has 1 unspecified atom stereocenters. The van der Waals surface area contributed by atoms with Crippen molar-refractivity contribution in [3.8, 4) is 0 Å². The summed E-state index contributed by atoms with van der Waals surface area (Å²) in [6.45, 7) is 6.58. The number of ether oxygens (including phenoxy) is 1. The van der Waals surface area contributed by atoms with Crippen molar-refractivity contribution in [3.63, 3.8) is 0 Å². The molecular formula is C16H24N2O2. The van der Waals surface area contributed by atoms with Gasteiger partial charge in [0.2, 0.25) is 0 Å². The van der Waals surface area contributed by atoms with Crippen LogP contribution in [0.4, 0.5) is 11.4 Å². The first-order chi connectivity index (χ1) is 9.69. The third-order valence-corrected chi connectivity index (χ3v) is 3.53. The van der Waals surface area contributed by atoms with Crippen LogP contribution in [0.5, 0.6) is 0 Å². The van der Waals surface area contributed by atoms with Crippen molar-refractivity contribution in [2.75, 3.05) is 29.9 Å². The fraction of sp³-hybridized carbons (Fsp3) is 0.562. The van der Waals surface area contributed by atoms with Crippen molar-refractivity contribution in [1.29, 1.82) is 0 Å². The Hall–Kier alpha value is -1.71. The number of esters is 1. The van der Waals surface area contributed by atoms with E-state index in [2.05, 4.69) is 34.5 Å². The molecule has 4 nitrogen and oxygen atoms in total. The lowest BCUT2D eigenvalue weighted by Gasteiger charge is -2.19. The van der Waals surface area contributed by atoms with Crippen LogP contribution >= 0.6 is 0 Å². The maximum absolute atomic E-state index is 11.4. The van der Waals surface area contributed by atoms with Crippen LogP contribution in [0.25, 0.3) is 0 Å². The smallest absolute Gasteiger partial charge is 0.307 e. The summed E-state index contributed by atoms with van der Waals surface area (Å²) in [5, 5.41) is 3.33. The molecule has 0 amide bonds. The summed E-state index contributed by atoms with van der Waals surface area (Å²) >= 11 is 0. The normalized spacial score (nSPS) is 16.0. The Balaban J connectivity index is 1.85. The summed E-state index contributed by atoms with van der Waals surface area (Å²) in [7, 11) is 0. The Morgan fingerprint density at radius 2 is 1.95 bits per heavy atom. The fourth-order valence-corrected chi connectivity index (χ4v) is 2.55. The lowest BCUT2D eigenvalue weighted by molar-refractivity contribution is -0.143. The molecule has 4 heteroatoms. The molecule has 0 aromatic heterocycles. The van der Waals surface area contributed by atoms with Gasteiger partial charge in [-0.15, -0.1) is 0 Å². The molecule has 1 heterocycles. The van der Waals surface area contributed by atoms with E-state index in [4.69, 9.17) is 4.74 Å². The highest BCUT2D eigenvalue weighted by Crippen LogP contribution is 2.22. The van der Waals surface area contributed by atoms with Gasteiger partial charge in [0.05, 0.1) is 13.0 Å². The lowest BCUT2D eigenvalue weighted by Crippen LogP contribution is -2.21. The third-order valence-electron chi connectivity index (χ3n) is 3.53. The molecule has 1 aromatic carbocycles. The van der Waals surface area contributed by atoms with Gasteiger partial charge in [0.15, 0.2) is 0 Å². The van der Waals surface area contributed by atoms with Gasteiger partial charge in [-0.2, -0.15) is 0 Å². The van der Waals surface area contributed by atoms with Crippen LogP contribution in [0.1, 0.15) is 33.1 Å². The molecule has 0 bridgehead atoms. The molecule has 1 saturated heterocycles. The van der Waals surface area contributed by atoms with Crippen LogP contribution in [-0.4, -0.2) is 31.7 Å². The van der Waals surface area contributed by atoms with E-state index in [9.17, 15) is 4.79 Å². The summed E-state index contributed by atoms with van der Waals surface area (Å²) in [5.74, 6) is -0.152. The quantitative estimate of drug-likeness (QED) is 0.811. The highest BCUT2D eigenvalue weighted by molar-refractivity contribution is 5.70. The van der Waals surface area contributed by atoms with Gasteiger partial charge in [-0.3, -0.25) is 4.79 Å². The summed E-state index contributed by atoms with van der Waals surface area (Å²) < 4.78 is 4.95. The number of carbonyl (C=O) groups excluding carboxylic acids is 1. The minimum atomic E-state index is -0.152. The van der Waals surface area contributed by atoms with Crippen molar-refractivity contribution in [1.82, 2.24) is 0 Å². The summed E-state index contributed by atoms with van der Waals surface area (Å²) in [6, 6.07) is 8.52. The van der Waals surface area contributed by atoms with E-state index in [-0.39, 0.29) is 12.0 Å². The Kier molecular flexibility index (Phi) is 5.27. The second-order valence-electron chi connectivity index (χ2n) is 5.30. The van der Waals surface area contributed by atoms with E-state index in [0.717, 1.165) is 18.8 Å². The second kappa shape index (κ2) is 7.17. The molecule has 1 atom stereocenters. The molecule has 110 valence electrons. The van der Waals surface area contributed by atoms with E-state index in [0.29, 0.717) is 13.0 Å². The monoisotopic (exact) mass is 276 g/mol. The molecule has 1 N–H and O–H groups in total. The number of nitrogens with zero attached hydrogens (tertiary/aromatic N) is 1. The van der Waals surface area contributed by atoms with Crippen LogP contribution in [0.2, 0.25) is 0 Å². The maximum atomic E-state index is 11.4. The first kappa shape index (κ1) is 14.7. The zero-order valence-corrected chi connectivity index (χ0v) is 12.4. The molecule has 0 aliphatic carbocycles. The van der Waals surface area contributed by atoms with Gasteiger partial charge in [0.25, 0.3) is 0 Å². The van der Waals surface area contributed by atoms with E-state index < -0.39 is 0 Å². The van der Waals surface area contributed by atoms with Gasteiger partial charge < -0.3 is 15.0 Å². The van der Waals surface area contributed by atoms with Gasteiger partial charge in [-0.05, 0) is 51.0 Å². The number of carbonyl (C=O) groups is 1.